The Balaban J connectivity index is 1.72. The van der Waals surface area contributed by atoms with Gasteiger partial charge in [0, 0.05) is 15.6 Å². The number of thioether (sulfide) groups is 1. The molecule has 0 radical (unpaired) electrons. The van der Waals surface area contributed by atoms with Gasteiger partial charge in [0.05, 0.1) is 16.8 Å². The molecule has 5 nitrogen and oxygen atoms in total. The van der Waals surface area contributed by atoms with Gasteiger partial charge in [-0.2, -0.15) is 0 Å². The summed E-state index contributed by atoms with van der Waals surface area (Å²) >= 11 is 8.74. The van der Waals surface area contributed by atoms with Crippen molar-refractivity contribution in [2.24, 2.45) is 0 Å². The molecular formula is C25H24ClN3O2S2. The average molecular weight is 498 g/mol. The van der Waals surface area contributed by atoms with E-state index in [1.807, 2.05) is 38.1 Å². The Morgan fingerprint density at radius 2 is 1.94 bits per heavy atom. The van der Waals surface area contributed by atoms with Crippen LogP contribution in [0.4, 0.5) is 5.69 Å². The summed E-state index contributed by atoms with van der Waals surface area (Å²) in [5.74, 6) is -0.0556. The first-order valence-electron chi connectivity index (χ1n) is 10.7. The molecule has 0 saturated heterocycles. The number of aromatic nitrogens is 2. The predicted molar refractivity (Wildman–Crippen MR) is 139 cm³/mol. The van der Waals surface area contributed by atoms with Crippen LogP contribution in [0.15, 0.2) is 58.5 Å². The highest BCUT2D eigenvalue weighted by molar-refractivity contribution is 7.99. The molecule has 33 heavy (non-hydrogen) atoms. The molecule has 0 bridgehead atoms. The van der Waals surface area contributed by atoms with E-state index in [0.717, 1.165) is 34.5 Å². The molecule has 0 aliphatic rings. The lowest BCUT2D eigenvalue weighted by Crippen LogP contribution is -2.23. The first-order valence-corrected chi connectivity index (χ1v) is 12.9. The smallest absolute Gasteiger partial charge is 0.267 e. The molecule has 4 aromatic rings. The first-order chi connectivity index (χ1) is 15.9. The molecule has 2 aromatic heterocycles. The Labute approximate surface area is 205 Å². The summed E-state index contributed by atoms with van der Waals surface area (Å²) in [4.78, 5) is 33.0. The Kier molecular flexibility index (Phi) is 7.22. The number of halogens is 1. The van der Waals surface area contributed by atoms with Gasteiger partial charge in [-0.25, -0.2) is 4.98 Å². The highest BCUT2D eigenvalue weighted by atomic mass is 35.5. The van der Waals surface area contributed by atoms with Crippen molar-refractivity contribution in [3.05, 3.63) is 79.9 Å². The maximum Gasteiger partial charge on any atom is 0.267 e. The lowest BCUT2D eigenvalue weighted by Gasteiger charge is -2.13. The number of hydrogen-bond acceptors (Lipinski definition) is 5. The maximum absolute atomic E-state index is 13.7. The van der Waals surface area contributed by atoms with Crippen LogP contribution in [-0.2, 0) is 11.2 Å². The normalized spacial score (nSPS) is 11.2. The second kappa shape index (κ2) is 10.1. The molecule has 2 aromatic carbocycles. The summed E-state index contributed by atoms with van der Waals surface area (Å²) in [5.41, 5.74) is 3.37. The molecule has 0 saturated carbocycles. The van der Waals surface area contributed by atoms with E-state index in [4.69, 9.17) is 16.6 Å². The molecule has 0 spiro atoms. The van der Waals surface area contributed by atoms with Crippen molar-refractivity contribution in [3.63, 3.8) is 0 Å². The SMILES string of the molecule is CCCc1sc2nc(SCC(=O)Nc3ccc(Cl)cc3)n(-c3cccc(C)c3)c(=O)c2c1C. The summed E-state index contributed by atoms with van der Waals surface area (Å²) in [6, 6.07) is 14.7. The van der Waals surface area contributed by atoms with Crippen LogP contribution in [0.1, 0.15) is 29.3 Å². The van der Waals surface area contributed by atoms with Crippen LogP contribution in [0.2, 0.25) is 5.02 Å². The van der Waals surface area contributed by atoms with E-state index in [0.29, 0.717) is 21.3 Å². The summed E-state index contributed by atoms with van der Waals surface area (Å²) in [7, 11) is 0. The third-order valence-corrected chi connectivity index (χ3v) is 7.67. The van der Waals surface area contributed by atoms with E-state index in [9.17, 15) is 9.59 Å². The Morgan fingerprint density at radius 3 is 2.64 bits per heavy atom. The lowest BCUT2D eigenvalue weighted by atomic mass is 10.1. The van der Waals surface area contributed by atoms with Gasteiger partial charge in [0.2, 0.25) is 5.91 Å². The number of nitrogens with one attached hydrogen (secondary N) is 1. The molecule has 170 valence electrons. The number of amides is 1. The Hall–Kier alpha value is -2.61. The number of carbonyl (C=O) groups is 1. The van der Waals surface area contributed by atoms with Crippen molar-refractivity contribution in [2.75, 3.05) is 11.1 Å². The molecule has 0 aliphatic heterocycles. The van der Waals surface area contributed by atoms with Crippen molar-refractivity contribution >= 4 is 56.5 Å². The van der Waals surface area contributed by atoms with E-state index in [1.54, 1.807) is 40.2 Å². The molecule has 8 heteroatoms. The maximum atomic E-state index is 13.7. The number of benzene rings is 2. The van der Waals surface area contributed by atoms with E-state index in [-0.39, 0.29) is 17.2 Å². The zero-order valence-electron chi connectivity index (χ0n) is 18.6. The van der Waals surface area contributed by atoms with Gasteiger partial charge in [0.1, 0.15) is 4.83 Å². The number of fused-ring (bicyclic) bond motifs is 1. The molecule has 0 unspecified atom stereocenters. The van der Waals surface area contributed by atoms with Gasteiger partial charge in [-0.15, -0.1) is 11.3 Å². The second-order valence-electron chi connectivity index (χ2n) is 7.80. The number of anilines is 1. The number of hydrogen-bond donors (Lipinski definition) is 1. The van der Waals surface area contributed by atoms with Gasteiger partial charge in [-0.1, -0.05) is 48.8 Å². The zero-order valence-corrected chi connectivity index (χ0v) is 21.0. The minimum Gasteiger partial charge on any atom is -0.325 e. The van der Waals surface area contributed by atoms with Crippen LogP contribution in [-0.4, -0.2) is 21.2 Å². The van der Waals surface area contributed by atoms with E-state index >= 15 is 0 Å². The fourth-order valence-electron chi connectivity index (χ4n) is 3.63. The van der Waals surface area contributed by atoms with Crippen molar-refractivity contribution in [2.45, 2.75) is 38.8 Å². The Bertz CT molecular complexity index is 1380. The number of thiophene rings is 1. The molecule has 4 rings (SSSR count). The van der Waals surface area contributed by atoms with E-state index in [2.05, 4.69) is 12.2 Å². The first kappa shape index (κ1) is 23.5. The fraction of sp³-hybridized carbons (Fsp3) is 0.240. The average Bonchev–Trinajstić information content (AvgIpc) is 3.09. The topological polar surface area (TPSA) is 64.0 Å². The third-order valence-electron chi connectivity index (χ3n) is 5.23. The van der Waals surface area contributed by atoms with E-state index in [1.165, 1.54) is 16.6 Å². The minimum atomic E-state index is -0.179. The van der Waals surface area contributed by atoms with Crippen molar-refractivity contribution in [3.8, 4) is 5.69 Å². The van der Waals surface area contributed by atoms with Crippen LogP contribution in [0.25, 0.3) is 15.9 Å². The van der Waals surface area contributed by atoms with Crippen molar-refractivity contribution in [1.29, 1.82) is 0 Å². The quantitative estimate of drug-likeness (QED) is 0.237. The number of nitrogens with zero attached hydrogens (tertiary/aromatic N) is 2. The summed E-state index contributed by atoms with van der Waals surface area (Å²) < 4.78 is 1.63. The number of carbonyl (C=O) groups excluding carboxylic acids is 1. The highest BCUT2D eigenvalue weighted by Crippen LogP contribution is 2.31. The van der Waals surface area contributed by atoms with Crippen molar-refractivity contribution in [1.82, 2.24) is 9.55 Å². The molecule has 2 heterocycles. The zero-order chi connectivity index (χ0) is 23.5. The van der Waals surface area contributed by atoms with Gasteiger partial charge >= 0.3 is 0 Å². The third kappa shape index (κ3) is 5.16. The summed E-state index contributed by atoms with van der Waals surface area (Å²) in [5, 5.41) is 4.64. The molecular weight excluding hydrogens is 474 g/mol. The van der Waals surface area contributed by atoms with Crippen LogP contribution in [0.3, 0.4) is 0 Å². The second-order valence-corrected chi connectivity index (χ2v) is 10.3. The van der Waals surface area contributed by atoms with Gasteiger partial charge in [0.15, 0.2) is 5.16 Å². The monoisotopic (exact) mass is 497 g/mol. The molecule has 0 aliphatic carbocycles. The Morgan fingerprint density at radius 1 is 1.18 bits per heavy atom. The van der Waals surface area contributed by atoms with Crippen LogP contribution < -0.4 is 10.9 Å². The summed E-state index contributed by atoms with van der Waals surface area (Å²) in [6.07, 6.45) is 1.93. The van der Waals surface area contributed by atoms with Crippen LogP contribution in [0.5, 0.6) is 0 Å². The fourth-order valence-corrected chi connectivity index (χ4v) is 5.89. The molecule has 1 N–H and O–H groups in total. The lowest BCUT2D eigenvalue weighted by molar-refractivity contribution is -0.113. The molecule has 0 fully saturated rings. The predicted octanol–water partition coefficient (Wildman–Crippen LogP) is 6.40. The van der Waals surface area contributed by atoms with Gasteiger partial charge in [-0.05, 0) is 67.8 Å². The van der Waals surface area contributed by atoms with Gasteiger partial charge in [0.25, 0.3) is 5.56 Å². The standard InChI is InChI=1S/C25H24ClN3O2S2/c1-4-6-20-16(3)22-23(33-20)28-25(29(24(22)31)19-8-5-7-15(2)13-19)32-14-21(30)27-18-11-9-17(26)10-12-18/h5,7-13H,4,6,14H2,1-3H3,(H,27,30). The van der Waals surface area contributed by atoms with E-state index < -0.39 is 0 Å². The van der Waals surface area contributed by atoms with Gasteiger partial charge in [-0.3, -0.25) is 14.2 Å². The van der Waals surface area contributed by atoms with Crippen LogP contribution >= 0.6 is 34.7 Å². The van der Waals surface area contributed by atoms with Gasteiger partial charge < -0.3 is 5.32 Å². The highest BCUT2D eigenvalue weighted by Gasteiger charge is 2.20. The van der Waals surface area contributed by atoms with Crippen LogP contribution in [0, 0.1) is 13.8 Å². The number of aryl methyl sites for hydroxylation is 3. The number of rotatable bonds is 7. The minimum absolute atomic E-state index is 0.0951. The summed E-state index contributed by atoms with van der Waals surface area (Å²) in [6.45, 7) is 6.12. The van der Waals surface area contributed by atoms with Crippen molar-refractivity contribution < 1.29 is 4.79 Å². The largest absolute Gasteiger partial charge is 0.325 e. The molecule has 0 atom stereocenters. The molecule has 1 amide bonds.